The Morgan fingerprint density at radius 3 is 2.05 bits per heavy atom. The largest absolute Gasteiger partial charge is 0.471 e. The number of Topliss-reactive ketones (excluding diaryl/α,β-unsaturated/α-hetero) is 1. The number of halogens is 3. The monoisotopic (exact) mass is 279 g/mol. The van der Waals surface area contributed by atoms with Crippen LogP contribution < -0.4 is 5.32 Å². The van der Waals surface area contributed by atoms with Gasteiger partial charge in [0.05, 0.1) is 6.04 Å². The lowest BCUT2D eigenvalue weighted by Crippen LogP contribution is -2.51. The summed E-state index contributed by atoms with van der Waals surface area (Å²) in [6, 6.07) is -1.01. The molecule has 0 radical (unpaired) electrons. The minimum absolute atomic E-state index is 0.171. The molecular formula is C13H20F3NO2. The highest BCUT2D eigenvalue weighted by atomic mass is 19.4. The van der Waals surface area contributed by atoms with Gasteiger partial charge in [0.15, 0.2) is 5.78 Å². The zero-order valence-electron chi connectivity index (χ0n) is 11.2. The Morgan fingerprint density at radius 1 is 1.11 bits per heavy atom. The van der Waals surface area contributed by atoms with E-state index in [1.54, 1.807) is 13.8 Å². The fraction of sp³-hybridized carbons (Fsp3) is 0.846. The van der Waals surface area contributed by atoms with Crippen LogP contribution in [0.1, 0.15) is 46.0 Å². The fourth-order valence-corrected chi connectivity index (χ4v) is 2.47. The Labute approximate surface area is 110 Å². The third-order valence-electron chi connectivity index (χ3n) is 3.54. The molecule has 0 heterocycles. The first-order valence-corrected chi connectivity index (χ1v) is 6.65. The highest BCUT2D eigenvalue weighted by Gasteiger charge is 2.42. The summed E-state index contributed by atoms with van der Waals surface area (Å²) in [4.78, 5) is 23.1. The van der Waals surface area contributed by atoms with Crippen LogP contribution in [-0.2, 0) is 9.59 Å². The van der Waals surface area contributed by atoms with Crippen LogP contribution in [0, 0.1) is 11.8 Å². The van der Waals surface area contributed by atoms with Gasteiger partial charge in [-0.05, 0) is 18.8 Å². The molecular weight excluding hydrogens is 259 g/mol. The molecule has 110 valence electrons. The van der Waals surface area contributed by atoms with Gasteiger partial charge in [-0.1, -0.05) is 33.1 Å². The van der Waals surface area contributed by atoms with Crippen molar-refractivity contribution >= 4 is 11.7 Å². The molecule has 19 heavy (non-hydrogen) atoms. The molecule has 0 aromatic rings. The number of amides is 1. The van der Waals surface area contributed by atoms with Crippen molar-refractivity contribution in [1.82, 2.24) is 5.32 Å². The van der Waals surface area contributed by atoms with E-state index in [2.05, 4.69) is 0 Å². The maximum absolute atomic E-state index is 12.3. The van der Waals surface area contributed by atoms with Crippen molar-refractivity contribution in [1.29, 1.82) is 0 Å². The maximum Gasteiger partial charge on any atom is 0.471 e. The van der Waals surface area contributed by atoms with Crippen molar-refractivity contribution in [3.05, 3.63) is 0 Å². The van der Waals surface area contributed by atoms with Crippen LogP contribution in [0.5, 0.6) is 0 Å². The smallest absolute Gasteiger partial charge is 0.338 e. The van der Waals surface area contributed by atoms with Crippen LogP contribution in [0.3, 0.4) is 0 Å². The van der Waals surface area contributed by atoms with Gasteiger partial charge in [0.25, 0.3) is 0 Å². The molecule has 0 saturated heterocycles. The molecule has 1 amide bonds. The topological polar surface area (TPSA) is 46.2 Å². The summed E-state index contributed by atoms with van der Waals surface area (Å²) in [7, 11) is 0. The van der Waals surface area contributed by atoms with E-state index in [0.29, 0.717) is 12.8 Å². The number of rotatable bonds is 4. The quantitative estimate of drug-likeness (QED) is 0.860. The second-order valence-electron chi connectivity index (χ2n) is 5.40. The SMILES string of the molecule is CC(C)C(=O)C(NC(=O)C(F)(F)F)C1CCCCC1. The molecule has 6 heteroatoms. The Kier molecular flexibility index (Phi) is 5.38. The molecule has 0 aromatic heterocycles. The van der Waals surface area contributed by atoms with Gasteiger partial charge in [-0.3, -0.25) is 9.59 Å². The number of alkyl halides is 3. The van der Waals surface area contributed by atoms with Crippen LogP contribution in [-0.4, -0.2) is 23.9 Å². The van der Waals surface area contributed by atoms with Crippen LogP contribution in [0.25, 0.3) is 0 Å². The van der Waals surface area contributed by atoms with Gasteiger partial charge in [-0.25, -0.2) is 0 Å². The number of hydrogen-bond donors (Lipinski definition) is 1. The van der Waals surface area contributed by atoms with E-state index in [1.165, 1.54) is 0 Å². The summed E-state index contributed by atoms with van der Waals surface area (Å²) in [5, 5.41) is 1.89. The van der Waals surface area contributed by atoms with Gasteiger partial charge in [0.2, 0.25) is 0 Å². The number of carbonyl (C=O) groups is 2. The summed E-state index contributed by atoms with van der Waals surface area (Å²) >= 11 is 0. The minimum atomic E-state index is -4.94. The molecule has 0 bridgehead atoms. The lowest BCUT2D eigenvalue weighted by Gasteiger charge is -2.31. The van der Waals surface area contributed by atoms with Gasteiger partial charge in [0, 0.05) is 5.92 Å². The van der Waals surface area contributed by atoms with Crippen molar-refractivity contribution in [3.63, 3.8) is 0 Å². The third kappa shape index (κ3) is 4.51. The van der Waals surface area contributed by atoms with Crippen LogP contribution >= 0.6 is 0 Å². The van der Waals surface area contributed by atoms with E-state index in [-0.39, 0.29) is 17.6 Å². The van der Waals surface area contributed by atoms with E-state index in [0.717, 1.165) is 19.3 Å². The molecule has 0 aromatic carbocycles. The van der Waals surface area contributed by atoms with Crippen molar-refractivity contribution in [2.75, 3.05) is 0 Å². The predicted molar refractivity (Wildman–Crippen MR) is 64.4 cm³/mol. The molecule has 1 rings (SSSR count). The van der Waals surface area contributed by atoms with Crippen LogP contribution in [0.15, 0.2) is 0 Å². The molecule has 1 aliphatic rings. The first-order valence-electron chi connectivity index (χ1n) is 6.65. The third-order valence-corrected chi connectivity index (χ3v) is 3.54. The van der Waals surface area contributed by atoms with Crippen molar-refractivity contribution in [2.24, 2.45) is 11.8 Å². The van der Waals surface area contributed by atoms with Crippen molar-refractivity contribution in [3.8, 4) is 0 Å². The van der Waals surface area contributed by atoms with Crippen molar-refractivity contribution < 1.29 is 22.8 Å². The predicted octanol–water partition coefficient (Wildman–Crippen LogP) is 2.84. The summed E-state index contributed by atoms with van der Waals surface area (Å²) in [6.45, 7) is 3.27. The van der Waals surface area contributed by atoms with E-state index < -0.39 is 18.1 Å². The lowest BCUT2D eigenvalue weighted by atomic mass is 9.80. The van der Waals surface area contributed by atoms with Gasteiger partial charge in [-0.2, -0.15) is 13.2 Å². The summed E-state index contributed by atoms with van der Waals surface area (Å²) < 4.78 is 37.0. The van der Waals surface area contributed by atoms with E-state index >= 15 is 0 Å². The molecule has 1 N–H and O–H groups in total. The second kappa shape index (κ2) is 6.39. The van der Waals surface area contributed by atoms with Gasteiger partial charge in [0.1, 0.15) is 0 Å². The van der Waals surface area contributed by atoms with Crippen LogP contribution in [0.4, 0.5) is 13.2 Å². The van der Waals surface area contributed by atoms with E-state index in [1.807, 2.05) is 5.32 Å². The molecule has 0 spiro atoms. The number of hydrogen-bond acceptors (Lipinski definition) is 2. The average molecular weight is 279 g/mol. The molecule has 1 atom stereocenters. The fourth-order valence-electron chi connectivity index (χ4n) is 2.47. The first-order chi connectivity index (χ1) is 8.73. The zero-order chi connectivity index (χ0) is 14.6. The molecule has 0 aliphatic heterocycles. The Morgan fingerprint density at radius 2 is 1.63 bits per heavy atom. The Hall–Kier alpha value is -1.07. The number of ketones is 1. The summed E-state index contributed by atoms with van der Waals surface area (Å²) in [6.07, 6.45) is -0.720. The summed E-state index contributed by atoms with van der Waals surface area (Å²) in [5.74, 6) is -2.89. The Balaban J connectivity index is 2.80. The highest BCUT2D eigenvalue weighted by Crippen LogP contribution is 2.28. The minimum Gasteiger partial charge on any atom is -0.338 e. The van der Waals surface area contributed by atoms with Gasteiger partial charge in [-0.15, -0.1) is 0 Å². The highest BCUT2D eigenvalue weighted by molar-refractivity contribution is 5.92. The molecule has 1 saturated carbocycles. The van der Waals surface area contributed by atoms with Crippen molar-refractivity contribution in [2.45, 2.75) is 58.2 Å². The number of carbonyl (C=O) groups excluding carboxylic acids is 2. The van der Waals surface area contributed by atoms with E-state index in [4.69, 9.17) is 0 Å². The van der Waals surface area contributed by atoms with E-state index in [9.17, 15) is 22.8 Å². The molecule has 3 nitrogen and oxygen atoms in total. The average Bonchev–Trinajstić information content (AvgIpc) is 2.34. The van der Waals surface area contributed by atoms with Gasteiger partial charge >= 0.3 is 12.1 Å². The maximum atomic E-state index is 12.3. The second-order valence-corrected chi connectivity index (χ2v) is 5.40. The van der Waals surface area contributed by atoms with Gasteiger partial charge < -0.3 is 5.32 Å². The standard InChI is InChI=1S/C13H20F3NO2/c1-8(2)11(18)10(9-6-4-3-5-7-9)17-12(19)13(14,15)16/h8-10H,3-7H2,1-2H3,(H,17,19). The zero-order valence-corrected chi connectivity index (χ0v) is 11.2. The lowest BCUT2D eigenvalue weighted by molar-refractivity contribution is -0.175. The molecule has 1 unspecified atom stereocenters. The van der Waals surface area contributed by atoms with Crippen LogP contribution in [0.2, 0.25) is 0 Å². The normalized spacial score (nSPS) is 19.3. The first kappa shape index (κ1) is 16.0. The molecule has 1 aliphatic carbocycles. The number of nitrogens with one attached hydrogen (secondary N) is 1. The molecule has 1 fully saturated rings. The summed E-state index contributed by atoms with van der Waals surface area (Å²) in [5.41, 5.74) is 0. The Bertz CT molecular complexity index is 333.